The predicted octanol–water partition coefficient (Wildman–Crippen LogP) is 2.01. The van der Waals surface area contributed by atoms with Crippen LogP contribution in [0.4, 0.5) is 10.5 Å². The van der Waals surface area contributed by atoms with Crippen LogP contribution in [-0.2, 0) is 0 Å². The van der Waals surface area contributed by atoms with Crippen molar-refractivity contribution >= 4 is 17.7 Å². The zero-order chi connectivity index (χ0) is 15.1. The molecule has 0 heterocycles. The van der Waals surface area contributed by atoms with Gasteiger partial charge >= 0.3 is 12.0 Å². The molecule has 1 rings (SSSR count). The first kappa shape index (κ1) is 16.0. The van der Waals surface area contributed by atoms with Crippen molar-refractivity contribution in [3.8, 4) is 0 Å². The number of hydrogen-bond donors (Lipinski definition) is 3. The molecule has 0 aliphatic heterocycles. The van der Waals surface area contributed by atoms with Crippen LogP contribution < -0.4 is 5.32 Å². The number of urea groups is 1. The van der Waals surface area contributed by atoms with E-state index in [1.807, 2.05) is 13.8 Å². The summed E-state index contributed by atoms with van der Waals surface area (Å²) in [6.07, 6.45) is 0.517. The van der Waals surface area contributed by atoms with Gasteiger partial charge in [-0.3, -0.25) is 0 Å². The maximum absolute atomic E-state index is 12.1. The highest BCUT2D eigenvalue weighted by Gasteiger charge is 2.16. The minimum Gasteiger partial charge on any atom is -0.478 e. The average molecular weight is 280 g/mol. The summed E-state index contributed by atoms with van der Waals surface area (Å²) in [7, 11) is 0. The van der Waals surface area contributed by atoms with Gasteiger partial charge < -0.3 is 20.4 Å². The number of aromatic carboxylic acids is 1. The van der Waals surface area contributed by atoms with Gasteiger partial charge in [0.25, 0.3) is 0 Å². The Morgan fingerprint density at radius 3 is 2.30 bits per heavy atom. The van der Waals surface area contributed by atoms with Crippen LogP contribution in [0.2, 0.25) is 0 Å². The van der Waals surface area contributed by atoms with Gasteiger partial charge in [-0.15, -0.1) is 0 Å². The lowest BCUT2D eigenvalue weighted by atomic mass is 10.2. The number of carbonyl (C=O) groups excluding carboxylic acids is 1. The van der Waals surface area contributed by atoms with Crippen molar-refractivity contribution in [3.63, 3.8) is 0 Å². The Labute approximate surface area is 118 Å². The number of carboxylic acid groups (broad SMARTS) is 1. The van der Waals surface area contributed by atoms with Crippen molar-refractivity contribution in [1.29, 1.82) is 0 Å². The Morgan fingerprint density at radius 1 is 1.25 bits per heavy atom. The summed E-state index contributed by atoms with van der Waals surface area (Å²) in [5, 5.41) is 20.3. The molecule has 0 unspecified atom stereocenters. The summed E-state index contributed by atoms with van der Waals surface area (Å²) < 4.78 is 0. The molecular formula is C14H20N2O4. The zero-order valence-electron chi connectivity index (χ0n) is 11.7. The fourth-order valence-corrected chi connectivity index (χ4v) is 1.73. The average Bonchev–Trinajstić information content (AvgIpc) is 2.39. The first-order valence-electron chi connectivity index (χ1n) is 6.47. The number of nitrogens with one attached hydrogen (secondary N) is 1. The van der Waals surface area contributed by atoms with Crippen LogP contribution in [0.1, 0.15) is 30.6 Å². The Morgan fingerprint density at radius 2 is 1.85 bits per heavy atom. The number of aliphatic hydroxyl groups excluding tert-OH is 1. The highest BCUT2D eigenvalue weighted by molar-refractivity contribution is 5.91. The number of aliphatic hydroxyl groups is 1. The topological polar surface area (TPSA) is 89.9 Å². The lowest BCUT2D eigenvalue weighted by Crippen LogP contribution is -2.40. The predicted molar refractivity (Wildman–Crippen MR) is 76.0 cm³/mol. The molecule has 0 fully saturated rings. The number of carbonyl (C=O) groups is 2. The van der Waals surface area contributed by atoms with E-state index in [9.17, 15) is 9.59 Å². The second-order valence-corrected chi connectivity index (χ2v) is 4.68. The first-order chi connectivity index (χ1) is 9.45. The molecule has 0 aliphatic rings. The largest absolute Gasteiger partial charge is 0.478 e. The second kappa shape index (κ2) is 7.49. The molecule has 0 radical (unpaired) electrons. The van der Waals surface area contributed by atoms with Gasteiger partial charge in [0.2, 0.25) is 0 Å². The molecule has 3 N–H and O–H groups in total. The summed E-state index contributed by atoms with van der Waals surface area (Å²) in [6, 6.07) is 5.71. The van der Waals surface area contributed by atoms with Crippen LogP contribution in [0.3, 0.4) is 0 Å². The van der Waals surface area contributed by atoms with Crippen LogP contribution in [0.15, 0.2) is 24.3 Å². The van der Waals surface area contributed by atoms with Gasteiger partial charge in [-0.1, -0.05) is 0 Å². The maximum Gasteiger partial charge on any atom is 0.335 e. The molecule has 6 nitrogen and oxygen atoms in total. The number of amides is 2. The summed E-state index contributed by atoms with van der Waals surface area (Å²) in [5.41, 5.74) is 0.707. The van der Waals surface area contributed by atoms with E-state index in [1.165, 1.54) is 12.1 Å². The Balaban J connectivity index is 2.69. The number of hydrogen-bond acceptors (Lipinski definition) is 3. The van der Waals surface area contributed by atoms with E-state index in [4.69, 9.17) is 10.2 Å². The fourth-order valence-electron chi connectivity index (χ4n) is 1.73. The van der Waals surface area contributed by atoms with E-state index < -0.39 is 5.97 Å². The fraction of sp³-hybridized carbons (Fsp3) is 0.429. The minimum atomic E-state index is -1.00. The van der Waals surface area contributed by atoms with E-state index >= 15 is 0 Å². The van der Waals surface area contributed by atoms with E-state index in [0.717, 1.165) is 0 Å². The van der Waals surface area contributed by atoms with Crippen LogP contribution in [-0.4, -0.2) is 46.3 Å². The minimum absolute atomic E-state index is 0.0137. The highest BCUT2D eigenvalue weighted by Crippen LogP contribution is 2.11. The van der Waals surface area contributed by atoms with Gasteiger partial charge in [0.15, 0.2) is 0 Å². The van der Waals surface area contributed by atoms with Crippen LogP contribution in [0.5, 0.6) is 0 Å². The Hall–Kier alpha value is -2.08. The third-order valence-electron chi connectivity index (χ3n) is 2.82. The molecule has 0 atom stereocenters. The molecule has 0 spiro atoms. The summed E-state index contributed by atoms with van der Waals surface area (Å²) in [6.45, 7) is 4.28. The van der Waals surface area contributed by atoms with Gasteiger partial charge in [0, 0.05) is 24.9 Å². The molecule has 1 aromatic rings. The molecule has 0 saturated carbocycles. The van der Waals surface area contributed by atoms with Crippen molar-refractivity contribution < 1.29 is 19.8 Å². The first-order valence-corrected chi connectivity index (χ1v) is 6.47. The highest BCUT2D eigenvalue weighted by atomic mass is 16.4. The SMILES string of the molecule is CC(C)N(CCCO)C(=O)Nc1ccc(C(=O)O)cc1. The molecule has 110 valence electrons. The quantitative estimate of drug-likeness (QED) is 0.743. The number of rotatable bonds is 6. The van der Waals surface area contributed by atoms with Gasteiger partial charge in [-0.25, -0.2) is 9.59 Å². The molecule has 6 heteroatoms. The Bertz CT molecular complexity index is 457. The Kier molecular flexibility index (Phi) is 5.99. The van der Waals surface area contributed by atoms with Crippen LogP contribution >= 0.6 is 0 Å². The third-order valence-corrected chi connectivity index (χ3v) is 2.82. The van der Waals surface area contributed by atoms with E-state index in [2.05, 4.69) is 5.32 Å². The van der Waals surface area contributed by atoms with Gasteiger partial charge in [0.05, 0.1) is 5.56 Å². The van der Waals surface area contributed by atoms with Gasteiger partial charge in [0.1, 0.15) is 0 Å². The van der Waals surface area contributed by atoms with Crippen molar-refractivity contribution in [2.24, 2.45) is 0 Å². The van der Waals surface area contributed by atoms with Crippen molar-refractivity contribution in [2.45, 2.75) is 26.3 Å². The van der Waals surface area contributed by atoms with E-state index in [-0.39, 0.29) is 24.2 Å². The maximum atomic E-state index is 12.1. The molecule has 1 aromatic carbocycles. The van der Waals surface area contributed by atoms with Crippen LogP contribution in [0, 0.1) is 0 Å². The summed E-state index contributed by atoms with van der Waals surface area (Å²) in [5.74, 6) is -1.00. The monoisotopic (exact) mass is 280 g/mol. The summed E-state index contributed by atoms with van der Waals surface area (Å²) >= 11 is 0. The summed E-state index contributed by atoms with van der Waals surface area (Å²) in [4.78, 5) is 24.4. The molecule has 0 saturated heterocycles. The zero-order valence-corrected chi connectivity index (χ0v) is 11.7. The number of nitrogens with zero attached hydrogens (tertiary/aromatic N) is 1. The second-order valence-electron chi connectivity index (χ2n) is 4.68. The van der Waals surface area contributed by atoms with Gasteiger partial charge in [-0.05, 0) is 44.5 Å². The molecule has 0 aromatic heterocycles. The molecule has 20 heavy (non-hydrogen) atoms. The van der Waals surface area contributed by atoms with E-state index in [1.54, 1.807) is 17.0 Å². The smallest absolute Gasteiger partial charge is 0.335 e. The van der Waals surface area contributed by atoms with Crippen molar-refractivity contribution in [3.05, 3.63) is 29.8 Å². The molecule has 2 amide bonds. The standard InChI is InChI=1S/C14H20N2O4/c1-10(2)16(8-3-9-17)14(20)15-12-6-4-11(5-7-12)13(18)19/h4-7,10,17H,3,8-9H2,1-2H3,(H,15,20)(H,18,19). The number of anilines is 1. The lowest BCUT2D eigenvalue weighted by molar-refractivity contribution is 0.0697. The van der Waals surface area contributed by atoms with Crippen molar-refractivity contribution in [1.82, 2.24) is 4.90 Å². The number of carboxylic acids is 1. The molecule has 0 aliphatic carbocycles. The molecular weight excluding hydrogens is 260 g/mol. The third kappa shape index (κ3) is 4.55. The normalized spacial score (nSPS) is 10.4. The van der Waals surface area contributed by atoms with Gasteiger partial charge in [-0.2, -0.15) is 0 Å². The number of benzene rings is 1. The molecule has 0 bridgehead atoms. The lowest BCUT2D eigenvalue weighted by Gasteiger charge is -2.26. The van der Waals surface area contributed by atoms with Crippen LogP contribution in [0.25, 0.3) is 0 Å². The van der Waals surface area contributed by atoms with E-state index in [0.29, 0.717) is 18.7 Å². The van der Waals surface area contributed by atoms with Crippen molar-refractivity contribution in [2.75, 3.05) is 18.5 Å².